The summed E-state index contributed by atoms with van der Waals surface area (Å²) in [6.45, 7) is -0.780. The van der Waals surface area contributed by atoms with Crippen LogP contribution in [0.15, 0.2) is 53.0 Å². The Labute approximate surface area is 118 Å². The second-order valence-corrected chi connectivity index (χ2v) is 5.32. The van der Waals surface area contributed by atoms with E-state index in [2.05, 4.69) is 15.9 Å². The van der Waals surface area contributed by atoms with Crippen molar-refractivity contribution in [2.75, 3.05) is 6.67 Å². The Kier molecular flexibility index (Phi) is 2.90. The summed E-state index contributed by atoms with van der Waals surface area (Å²) in [5.74, 6) is -0.488. The molecule has 0 fully saturated rings. The van der Waals surface area contributed by atoms with Gasteiger partial charge in [-0.05, 0) is 12.1 Å². The number of hydrogen-bond donors (Lipinski definition) is 0. The van der Waals surface area contributed by atoms with Crippen molar-refractivity contribution in [1.29, 1.82) is 0 Å². The third-order valence-corrected chi connectivity index (χ3v) is 3.83. The average molecular weight is 321 g/mol. The lowest BCUT2D eigenvalue weighted by Gasteiger charge is -2.26. The number of rotatable bonds is 2. The van der Waals surface area contributed by atoms with Crippen LogP contribution >= 0.6 is 15.9 Å². The summed E-state index contributed by atoms with van der Waals surface area (Å²) in [5, 5.41) is 0. The molecule has 19 heavy (non-hydrogen) atoms. The van der Waals surface area contributed by atoms with E-state index in [-0.39, 0.29) is 0 Å². The van der Waals surface area contributed by atoms with Crippen LogP contribution in [0.3, 0.4) is 0 Å². The number of fused-ring (bicyclic) bond motifs is 1. The molecule has 1 atom stereocenters. The number of carbonyl (C=O) groups excluding carboxylic acids is 1. The summed E-state index contributed by atoms with van der Waals surface area (Å²) < 4.78 is 19.8. The van der Waals surface area contributed by atoms with Crippen LogP contribution in [0.25, 0.3) is 0 Å². The molecule has 96 valence electrons. The van der Waals surface area contributed by atoms with Crippen molar-refractivity contribution in [2.24, 2.45) is 0 Å². The first-order valence-corrected chi connectivity index (χ1v) is 6.61. The molecule has 2 aromatic rings. The first-order valence-electron chi connectivity index (χ1n) is 5.82. The van der Waals surface area contributed by atoms with Gasteiger partial charge in [0.15, 0.2) is 5.60 Å². The minimum atomic E-state index is -1.31. The minimum absolute atomic E-state index is 0.413. The molecule has 1 aliphatic heterocycles. The first-order chi connectivity index (χ1) is 9.17. The zero-order chi connectivity index (χ0) is 13.5. The van der Waals surface area contributed by atoms with E-state index in [4.69, 9.17) is 4.74 Å². The summed E-state index contributed by atoms with van der Waals surface area (Å²) in [7, 11) is 0. The standard InChI is InChI=1S/C15H10BrFO2/c16-11-6-7-13-12(8-11)14(18)19-15(13,9-17)10-4-2-1-3-5-10/h1-8H,9H2/t15-/m1/s1. The lowest BCUT2D eigenvalue weighted by atomic mass is 9.87. The third-order valence-electron chi connectivity index (χ3n) is 3.33. The molecule has 1 heterocycles. The third kappa shape index (κ3) is 1.78. The molecule has 0 aliphatic carbocycles. The van der Waals surface area contributed by atoms with Gasteiger partial charge in [-0.2, -0.15) is 0 Å². The average Bonchev–Trinajstić information content (AvgIpc) is 2.73. The normalized spacial score (nSPS) is 21.1. The van der Waals surface area contributed by atoms with E-state index in [1.54, 1.807) is 42.5 Å². The Bertz CT molecular complexity index is 642. The molecule has 1 aliphatic rings. The van der Waals surface area contributed by atoms with Gasteiger partial charge in [0.05, 0.1) is 5.56 Å². The Hall–Kier alpha value is -1.68. The molecule has 0 N–H and O–H groups in total. The van der Waals surface area contributed by atoms with Crippen molar-refractivity contribution in [3.8, 4) is 0 Å². The highest BCUT2D eigenvalue weighted by molar-refractivity contribution is 9.10. The van der Waals surface area contributed by atoms with Crippen molar-refractivity contribution in [1.82, 2.24) is 0 Å². The molecule has 0 unspecified atom stereocenters. The second kappa shape index (κ2) is 4.46. The molecule has 0 radical (unpaired) electrons. The van der Waals surface area contributed by atoms with E-state index < -0.39 is 18.2 Å². The molecule has 4 heteroatoms. The Morgan fingerprint density at radius 3 is 2.58 bits per heavy atom. The number of hydrogen-bond acceptors (Lipinski definition) is 2. The van der Waals surface area contributed by atoms with Crippen molar-refractivity contribution < 1.29 is 13.9 Å². The van der Waals surface area contributed by atoms with Gasteiger partial charge in [0.25, 0.3) is 0 Å². The highest BCUT2D eigenvalue weighted by Crippen LogP contribution is 2.42. The van der Waals surface area contributed by atoms with Crippen molar-refractivity contribution in [3.63, 3.8) is 0 Å². The highest BCUT2D eigenvalue weighted by atomic mass is 79.9. The lowest BCUT2D eigenvalue weighted by Crippen LogP contribution is -2.30. The zero-order valence-corrected chi connectivity index (χ0v) is 11.5. The zero-order valence-electron chi connectivity index (χ0n) is 9.90. The molecule has 3 rings (SSSR count). The minimum Gasteiger partial charge on any atom is -0.443 e. The molecule has 0 spiro atoms. The lowest BCUT2D eigenvalue weighted by molar-refractivity contribution is 0.000392. The number of esters is 1. The monoisotopic (exact) mass is 320 g/mol. The van der Waals surface area contributed by atoms with Gasteiger partial charge in [0.1, 0.15) is 6.67 Å². The van der Waals surface area contributed by atoms with Crippen LogP contribution in [0.4, 0.5) is 4.39 Å². The van der Waals surface area contributed by atoms with Crippen LogP contribution in [0.1, 0.15) is 21.5 Å². The van der Waals surface area contributed by atoms with Crippen LogP contribution in [-0.4, -0.2) is 12.6 Å². The van der Waals surface area contributed by atoms with E-state index in [9.17, 15) is 9.18 Å². The SMILES string of the molecule is O=C1O[C@](CF)(c2ccccc2)c2ccc(Br)cc21. The number of carbonyl (C=O) groups is 1. The van der Waals surface area contributed by atoms with Crippen LogP contribution in [0, 0.1) is 0 Å². The fourth-order valence-electron chi connectivity index (χ4n) is 2.40. The van der Waals surface area contributed by atoms with E-state index >= 15 is 0 Å². The van der Waals surface area contributed by atoms with E-state index in [1.165, 1.54) is 0 Å². The predicted octanol–water partition coefficient (Wildman–Crippen LogP) is 3.83. The van der Waals surface area contributed by atoms with Crippen molar-refractivity contribution in [3.05, 3.63) is 69.7 Å². The van der Waals surface area contributed by atoms with E-state index in [0.717, 1.165) is 4.47 Å². The summed E-state index contributed by atoms with van der Waals surface area (Å²) in [6, 6.07) is 14.2. The molecule has 0 saturated heterocycles. The maximum Gasteiger partial charge on any atom is 0.339 e. The second-order valence-electron chi connectivity index (χ2n) is 4.41. The summed E-state index contributed by atoms with van der Waals surface area (Å²) in [5.41, 5.74) is 0.325. The first kappa shape index (κ1) is 12.4. The van der Waals surface area contributed by atoms with Gasteiger partial charge in [-0.1, -0.05) is 52.3 Å². The van der Waals surface area contributed by atoms with Gasteiger partial charge in [0.2, 0.25) is 0 Å². The number of ether oxygens (including phenoxy) is 1. The summed E-state index contributed by atoms with van der Waals surface area (Å²) in [6.07, 6.45) is 0. The number of alkyl halides is 1. The molecule has 2 aromatic carbocycles. The molecule has 2 nitrogen and oxygen atoms in total. The fourth-order valence-corrected chi connectivity index (χ4v) is 2.77. The van der Waals surface area contributed by atoms with Crippen LogP contribution in [-0.2, 0) is 10.3 Å². The quantitative estimate of drug-likeness (QED) is 0.786. The molecular weight excluding hydrogens is 311 g/mol. The van der Waals surface area contributed by atoms with Gasteiger partial charge in [0, 0.05) is 15.6 Å². The van der Waals surface area contributed by atoms with Gasteiger partial charge in [-0.25, -0.2) is 9.18 Å². The smallest absolute Gasteiger partial charge is 0.339 e. The molecule has 0 bridgehead atoms. The predicted molar refractivity (Wildman–Crippen MR) is 72.8 cm³/mol. The van der Waals surface area contributed by atoms with Crippen LogP contribution in [0.2, 0.25) is 0 Å². The molecule has 0 aromatic heterocycles. The number of benzene rings is 2. The van der Waals surface area contributed by atoms with Crippen LogP contribution < -0.4 is 0 Å². The Morgan fingerprint density at radius 1 is 1.16 bits per heavy atom. The Balaban J connectivity index is 2.24. The largest absolute Gasteiger partial charge is 0.443 e. The van der Waals surface area contributed by atoms with Crippen molar-refractivity contribution >= 4 is 21.9 Å². The van der Waals surface area contributed by atoms with Gasteiger partial charge >= 0.3 is 5.97 Å². The maximum atomic E-state index is 13.7. The highest BCUT2D eigenvalue weighted by Gasteiger charge is 2.47. The van der Waals surface area contributed by atoms with Gasteiger partial charge in [-0.15, -0.1) is 0 Å². The Morgan fingerprint density at radius 2 is 1.89 bits per heavy atom. The fraction of sp³-hybridized carbons (Fsp3) is 0.133. The summed E-state index contributed by atoms with van der Waals surface area (Å²) in [4.78, 5) is 12.0. The number of halogens is 2. The molecule has 0 saturated carbocycles. The van der Waals surface area contributed by atoms with Gasteiger partial charge < -0.3 is 4.74 Å². The number of cyclic esters (lactones) is 1. The van der Waals surface area contributed by atoms with E-state index in [1.807, 2.05) is 6.07 Å². The molecule has 0 amide bonds. The van der Waals surface area contributed by atoms with Crippen molar-refractivity contribution in [2.45, 2.75) is 5.60 Å². The maximum absolute atomic E-state index is 13.7. The molecular formula is C15H10BrFO2. The topological polar surface area (TPSA) is 26.3 Å². The summed E-state index contributed by atoms with van der Waals surface area (Å²) >= 11 is 3.31. The van der Waals surface area contributed by atoms with E-state index in [0.29, 0.717) is 16.7 Å². The van der Waals surface area contributed by atoms with Crippen LogP contribution in [0.5, 0.6) is 0 Å². The van der Waals surface area contributed by atoms with Gasteiger partial charge in [-0.3, -0.25) is 0 Å².